The number of benzene rings is 8. The van der Waals surface area contributed by atoms with Gasteiger partial charge in [0.15, 0.2) is 5.78 Å². The molecule has 106 heavy (non-hydrogen) atoms. The molecule has 0 saturated carbocycles. The van der Waals surface area contributed by atoms with Crippen molar-refractivity contribution < 1.29 is 144 Å². The fraction of sp³-hybridized carbons (Fsp3) is 0.0482. The van der Waals surface area contributed by atoms with Crippen LogP contribution in [0.25, 0.3) is 112 Å². The maximum Gasteiger partial charge on any atom is 0.429 e. The van der Waals surface area contributed by atoms with Crippen LogP contribution >= 0.6 is 0 Å². The number of aromatic hydroxyl groups is 2. The Balaban J connectivity index is 0.000000333. The molecule has 0 aliphatic rings. The second-order valence-electron chi connectivity index (χ2n) is 21.3. The molecule has 15 aromatic rings. The zero-order chi connectivity index (χ0) is 71.9. The molecule has 3 radical (unpaired) electrons. The van der Waals surface area contributed by atoms with E-state index in [1.807, 2.05) is 188 Å². The van der Waals surface area contributed by atoms with Crippen LogP contribution in [0.3, 0.4) is 0 Å². The molecule has 3 N–H and O–H groups in total. The van der Waals surface area contributed by atoms with E-state index in [2.05, 4.69) is 132 Å². The SMILES string of the molecule is CC(=O)C=C(C)O.Cc1cccc2nc(-c3[c-]cccc3)ccc12.FC(F)(F)c1n[n-]c(-c2ccccn2)n1.Oc1ccccc1-c1cccc(-c2cccc(-c3ccccc3O)n2)n1.[CH-]=O.[CH-]=O.[Ir].[Ir].[Ir].[Os].[Pt].[c-]1ccccc1-c1nccc2ccccc12.[c-]1ccccc1-c1nccc2ccccc12. The Kier molecular flexibility index (Phi) is 39.6. The molecule has 0 unspecified atom stereocenters. The number of phenolic OH excluding ortho intramolecular Hbond substituents is 2. The van der Waals surface area contributed by atoms with Gasteiger partial charge in [0.2, 0.25) is 0 Å². The maximum atomic E-state index is 12.1. The fourth-order valence-electron chi connectivity index (χ4n) is 9.85. The van der Waals surface area contributed by atoms with Crippen molar-refractivity contribution in [1.29, 1.82) is 0 Å². The van der Waals surface area contributed by atoms with E-state index in [4.69, 9.17) is 14.7 Å². The molecule has 15 nitrogen and oxygen atoms in total. The zero-order valence-corrected chi connectivity index (χ0v) is 68.3. The van der Waals surface area contributed by atoms with Crippen molar-refractivity contribution in [3.05, 3.63) is 327 Å². The van der Waals surface area contributed by atoms with Crippen LogP contribution in [0.2, 0.25) is 0 Å². The number of fused-ring (bicyclic) bond motifs is 3. The average Bonchev–Trinajstić information content (AvgIpc) is 0.885. The van der Waals surface area contributed by atoms with Gasteiger partial charge in [-0.15, -0.1) is 108 Å². The molecule has 0 aliphatic heterocycles. The predicted octanol–water partition coefficient (Wildman–Crippen LogP) is 18.3. The molecule has 547 valence electrons. The number of aliphatic hydroxyl groups excluding tert-OH is 1. The molecule has 0 aliphatic carbocycles. The third-order valence-electron chi connectivity index (χ3n) is 14.3. The summed E-state index contributed by atoms with van der Waals surface area (Å²) in [6.45, 7) is 11.5. The smallest absolute Gasteiger partial charge is 0.429 e. The number of hydrogen-bond donors (Lipinski definition) is 3. The van der Waals surface area contributed by atoms with E-state index in [-0.39, 0.29) is 136 Å². The van der Waals surface area contributed by atoms with Gasteiger partial charge in [0, 0.05) is 142 Å². The van der Waals surface area contributed by atoms with Crippen LogP contribution in [-0.4, -0.2) is 74.7 Å². The van der Waals surface area contributed by atoms with Crippen molar-refractivity contribution in [3.63, 3.8) is 0 Å². The number of alkyl halides is 3. The number of phenols is 2. The summed E-state index contributed by atoms with van der Waals surface area (Å²) < 4.78 is 36.4. The maximum absolute atomic E-state index is 12.1. The zero-order valence-electron chi connectivity index (χ0n) is 56.3. The quantitative estimate of drug-likeness (QED) is 0.0556. The third-order valence-corrected chi connectivity index (χ3v) is 14.3. The van der Waals surface area contributed by atoms with Crippen molar-refractivity contribution in [2.75, 3.05) is 0 Å². The second-order valence-corrected chi connectivity index (χ2v) is 21.3. The van der Waals surface area contributed by atoms with Crippen molar-refractivity contribution in [2.45, 2.75) is 26.9 Å². The largest absolute Gasteiger partial charge is 0.545 e. The van der Waals surface area contributed by atoms with Gasteiger partial charge in [0.1, 0.15) is 17.3 Å². The number of carbonyl (C=O) groups is 1. The van der Waals surface area contributed by atoms with Gasteiger partial charge in [-0.1, -0.05) is 115 Å². The minimum absolute atomic E-state index is 0. The van der Waals surface area contributed by atoms with E-state index < -0.39 is 12.0 Å². The Labute approximate surface area is 679 Å². The molecule has 0 saturated heterocycles. The summed E-state index contributed by atoms with van der Waals surface area (Å²) in [6.07, 6.45) is 1.73. The first-order valence-electron chi connectivity index (χ1n) is 30.8. The van der Waals surface area contributed by atoms with Crippen molar-refractivity contribution in [2.24, 2.45) is 0 Å². The Morgan fingerprint density at radius 3 is 1.30 bits per heavy atom. The van der Waals surface area contributed by atoms with Crippen molar-refractivity contribution >= 4 is 51.8 Å². The molecular formula is C83H62F3Ir3N9O6OsPt-6. The van der Waals surface area contributed by atoms with Gasteiger partial charge in [0.25, 0.3) is 0 Å². The first kappa shape index (κ1) is 90.0. The first-order valence-corrected chi connectivity index (χ1v) is 30.8. The second kappa shape index (κ2) is 46.6. The van der Waals surface area contributed by atoms with Gasteiger partial charge in [-0.05, 0) is 150 Å². The minimum Gasteiger partial charge on any atom is -0.545 e. The van der Waals surface area contributed by atoms with Crippen LogP contribution < -0.4 is 5.10 Å². The Hall–Kier alpha value is -10.2. The summed E-state index contributed by atoms with van der Waals surface area (Å²) in [6, 6.07) is 94.6. The van der Waals surface area contributed by atoms with E-state index in [0.717, 1.165) is 39.3 Å². The minimum atomic E-state index is -4.57. The Morgan fingerprint density at radius 1 is 0.443 bits per heavy atom. The molecule has 7 heterocycles. The Morgan fingerprint density at radius 2 is 0.877 bits per heavy atom. The van der Waals surface area contributed by atoms with Gasteiger partial charge in [-0.25, -0.2) is 9.97 Å². The fourth-order valence-corrected chi connectivity index (χ4v) is 9.85. The number of nitrogens with zero attached hydrogens (tertiary/aromatic N) is 9. The van der Waals surface area contributed by atoms with Gasteiger partial charge in [-0.3, -0.25) is 33.4 Å². The molecule has 8 aromatic carbocycles. The molecule has 15 rings (SSSR count). The number of aryl methyl sites for hydroxylation is 1. The van der Waals surface area contributed by atoms with Crippen LogP contribution in [0, 0.1) is 25.1 Å². The Bertz CT molecular complexity index is 4960. The number of pyridine rings is 6. The average molecular weight is 2300 g/mol. The number of allylic oxidation sites excluding steroid dienone is 2. The van der Waals surface area contributed by atoms with Crippen LogP contribution in [0.5, 0.6) is 11.5 Å². The number of aliphatic hydroxyl groups is 1. The molecule has 0 fully saturated rings. The number of hydrogen-bond acceptors (Lipinski definition) is 14. The van der Waals surface area contributed by atoms with Crippen LogP contribution in [0.1, 0.15) is 25.2 Å². The number of halogens is 3. The van der Waals surface area contributed by atoms with E-state index in [0.29, 0.717) is 33.9 Å². The van der Waals surface area contributed by atoms with Gasteiger partial charge in [0.05, 0.1) is 39.7 Å². The van der Waals surface area contributed by atoms with E-state index >= 15 is 0 Å². The van der Waals surface area contributed by atoms with Crippen molar-refractivity contribution in [1.82, 2.24) is 45.1 Å². The molecule has 0 bridgehead atoms. The van der Waals surface area contributed by atoms with Crippen LogP contribution in [-0.2, 0) is 122 Å². The van der Waals surface area contributed by atoms with Gasteiger partial charge < -0.3 is 45.0 Å². The third kappa shape index (κ3) is 26.1. The standard InChI is InChI=1S/C22H16N2O2.C16H12N.2C15H10N.C8H4F3N4.C5H8O2.2CHO.3Ir.Os.Pt/c25-21-13-3-1-7-15(21)17-9-5-11-19(23-17)20-12-6-10-18(24-20)16-8-2-4-14-22(16)26;1-12-6-5-9-16-14(12)10-11-15(17-16)13-7-3-2-4-8-13;2*1-2-7-13(8-3-1)15-14-9-5-4-6-12(14)10-11-16-15;9-8(10,11)7-13-6(14-15-7)5-3-1-2-4-12-5;1-4(6)3-5(2)7;2*1-2;;;;;/h1-14,25-26H;2-7,9-11H,1H3;2*1-7,9-11H;1-4H;3,6H,1-2H3;2*1H;;;;;/q;4*-1;;2*-1;;;;;. The number of para-hydroxylation sites is 2. The van der Waals surface area contributed by atoms with Crippen LogP contribution in [0.4, 0.5) is 13.2 Å². The molecule has 0 atom stereocenters. The summed E-state index contributed by atoms with van der Waals surface area (Å²) in [5.74, 6) is -1.06. The van der Waals surface area contributed by atoms with Crippen LogP contribution in [0.15, 0.2) is 297 Å². The van der Waals surface area contributed by atoms with E-state index in [1.54, 1.807) is 36.4 Å². The molecular weight excluding hydrogens is 2240 g/mol. The normalized spacial score (nSPS) is 9.96. The molecule has 7 aromatic heterocycles. The number of rotatable bonds is 8. The number of ketones is 1. The van der Waals surface area contributed by atoms with E-state index in [9.17, 15) is 28.2 Å². The molecule has 0 spiro atoms. The van der Waals surface area contributed by atoms with Gasteiger partial charge >= 0.3 is 6.18 Å². The summed E-state index contributed by atoms with van der Waals surface area (Å²) in [7, 11) is 0. The van der Waals surface area contributed by atoms with Gasteiger partial charge in [-0.2, -0.15) is 13.2 Å². The summed E-state index contributed by atoms with van der Waals surface area (Å²) in [5, 5.41) is 40.7. The monoisotopic (exact) mass is 2300 g/mol. The molecule has 0 amide bonds. The summed E-state index contributed by atoms with van der Waals surface area (Å²) >= 11 is 0. The first-order chi connectivity index (χ1) is 49.2. The topological polar surface area (TPSA) is 229 Å². The summed E-state index contributed by atoms with van der Waals surface area (Å²) in [4.78, 5) is 55.4. The van der Waals surface area contributed by atoms with Crippen molar-refractivity contribution in [3.8, 4) is 90.7 Å². The number of aromatic nitrogens is 9. The predicted molar refractivity (Wildman–Crippen MR) is 389 cm³/mol. The molecule has 23 heteroatoms. The van der Waals surface area contributed by atoms with E-state index in [1.165, 1.54) is 64.7 Å². The summed E-state index contributed by atoms with van der Waals surface area (Å²) in [5.41, 5.74) is 12.8. The number of carbonyl (C=O) groups excluding carboxylic acids is 3.